The highest BCUT2D eigenvalue weighted by Gasteiger charge is 2.23. The molecule has 0 atom stereocenters. The second kappa shape index (κ2) is 7.97. The van der Waals surface area contributed by atoms with E-state index in [1.54, 1.807) is 38.3 Å². The van der Waals surface area contributed by atoms with E-state index in [2.05, 4.69) is 5.32 Å². The Morgan fingerprint density at radius 2 is 1.83 bits per heavy atom. The highest BCUT2D eigenvalue weighted by atomic mass is 32.1. The van der Waals surface area contributed by atoms with Crippen LogP contribution >= 0.6 is 11.3 Å². The Hall–Kier alpha value is -2.34. The maximum Gasteiger partial charge on any atom is 0.341 e. The molecule has 24 heavy (non-hydrogen) atoms. The number of hydrogen-bond acceptors (Lipinski definition) is 5. The van der Waals surface area contributed by atoms with Gasteiger partial charge >= 0.3 is 5.97 Å². The molecule has 6 heteroatoms. The van der Waals surface area contributed by atoms with Crippen LogP contribution in [0.25, 0.3) is 0 Å². The van der Waals surface area contributed by atoms with E-state index in [1.807, 2.05) is 13.8 Å². The van der Waals surface area contributed by atoms with E-state index in [0.717, 1.165) is 10.4 Å². The third kappa shape index (κ3) is 3.76. The van der Waals surface area contributed by atoms with Gasteiger partial charge in [0.05, 0.1) is 19.3 Å². The molecule has 1 aromatic carbocycles. The van der Waals surface area contributed by atoms with E-state index in [9.17, 15) is 9.59 Å². The van der Waals surface area contributed by atoms with Gasteiger partial charge in [-0.05, 0) is 50.1 Å². The van der Waals surface area contributed by atoms with Crippen molar-refractivity contribution in [2.75, 3.05) is 19.0 Å². The van der Waals surface area contributed by atoms with Gasteiger partial charge in [-0.15, -0.1) is 11.3 Å². The summed E-state index contributed by atoms with van der Waals surface area (Å²) in [6.07, 6.45) is 0.703. The zero-order chi connectivity index (χ0) is 17.7. The summed E-state index contributed by atoms with van der Waals surface area (Å²) in [5.41, 5.74) is 1.88. The fourth-order valence-corrected chi connectivity index (χ4v) is 3.56. The Bertz CT molecular complexity index is 734. The first-order chi connectivity index (χ1) is 11.5. The second-order valence-electron chi connectivity index (χ2n) is 5.10. The minimum Gasteiger partial charge on any atom is -0.497 e. The second-order valence-corrected chi connectivity index (χ2v) is 6.32. The van der Waals surface area contributed by atoms with Gasteiger partial charge in [-0.25, -0.2) is 4.79 Å². The lowest BCUT2D eigenvalue weighted by atomic mass is 10.1. The van der Waals surface area contributed by atoms with Crippen molar-refractivity contribution in [2.45, 2.75) is 27.2 Å². The Balaban J connectivity index is 2.30. The SMILES string of the molecule is CCOC(=O)c1c(NC(=O)c2ccc(OC)cc2)sc(C)c1CC. The minimum absolute atomic E-state index is 0.271. The van der Waals surface area contributed by atoms with Crippen molar-refractivity contribution < 1.29 is 19.1 Å². The number of rotatable bonds is 6. The summed E-state index contributed by atoms with van der Waals surface area (Å²) in [4.78, 5) is 25.7. The first-order valence-electron chi connectivity index (χ1n) is 7.76. The predicted octanol–water partition coefficient (Wildman–Crippen LogP) is 4.06. The van der Waals surface area contributed by atoms with Crippen molar-refractivity contribution >= 4 is 28.2 Å². The van der Waals surface area contributed by atoms with E-state index >= 15 is 0 Å². The fourth-order valence-electron chi connectivity index (χ4n) is 2.43. The molecule has 0 unspecified atom stereocenters. The van der Waals surface area contributed by atoms with Gasteiger partial charge in [0.15, 0.2) is 0 Å². The van der Waals surface area contributed by atoms with Gasteiger partial charge in [0, 0.05) is 10.4 Å². The molecule has 0 saturated carbocycles. The molecule has 1 N–H and O–H groups in total. The molecule has 0 bridgehead atoms. The maximum absolute atomic E-state index is 12.5. The topological polar surface area (TPSA) is 64.6 Å². The average molecular weight is 347 g/mol. The number of nitrogens with one attached hydrogen (secondary N) is 1. The quantitative estimate of drug-likeness (QED) is 0.801. The monoisotopic (exact) mass is 347 g/mol. The standard InChI is InChI=1S/C18H21NO4S/c1-5-14-11(3)24-17(15(14)18(21)23-6-2)19-16(20)12-7-9-13(22-4)10-8-12/h7-10H,5-6H2,1-4H3,(H,19,20). The van der Waals surface area contributed by atoms with Crippen molar-refractivity contribution in [3.05, 3.63) is 45.8 Å². The van der Waals surface area contributed by atoms with Crippen molar-refractivity contribution in [1.29, 1.82) is 0 Å². The molecule has 128 valence electrons. The molecule has 0 fully saturated rings. The Kier molecular flexibility index (Phi) is 5.98. The first-order valence-corrected chi connectivity index (χ1v) is 8.58. The molecule has 0 radical (unpaired) electrons. The molecular formula is C18H21NO4S. The lowest BCUT2D eigenvalue weighted by Gasteiger charge is -2.08. The molecule has 2 aromatic rings. The van der Waals surface area contributed by atoms with Crippen LogP contribution in [0.15, 0.2) is 24.3 Å². The van der Waals surface area contributed by atoms with Crippen molar-refractivity contribution in [3.8, 4) is 5.75 Å². The summed E-state index contributed by atoms with van der Waals surface area (Å²) in [7, 11) is 1.57. The summed E-state index contributed by atoms with van der Waals surface area (Å²) in [6.45, 7) is 5.98. The van der Waals surface area contributed by atoms with Crippen LogP contribution in [0.3, 0.4) is 0 Å². The van der Waals surface area contributed by atoms with Gasteiger partial charge in [-0.2, -0.15) is 0 Å². The molecule has 0 aliphatic heterocycles. The molecular weight excluding hydrogens is 326 g/mol. The van der Waals surface area contributed by atoms with Crippen LogP contribution in [-0.4, -0.2) is 25.6 Å². The normalized spacial score (nSPS) is 10.3. The first kappa shape index (κ1) is 18.0. The van der Waals surface area contributed by atoms with Crippen molar-refractivity contribution in [3.63, 3.8) is 0 Å². The molecule has 0 saturated heterocycles. The van der Waals surface area contributed by atoms with Gasteiger partial charge in [0.25, 0.3) is 5.91 Å². The van der Waals surface area contributed by atoms with Crippen LogP contribution in [0, 0.1) is 6.92 Å². The fraction of sp³-hybridized carbons (Fsp3) is 0.333. The predicted molar refractivity (Wildman–Crippen MR) is 95.3 cm³/mol. The summed E-state index contributed by atoms with van der Waals surface area (Å²) < 4.78 is 10.2. The highest BCUT2D eigenvalue weighted by Crippen LogP contribution is 2.34. The minimum atomic E-state index is -0.399. The molecule has 1 amide bonds. The number of anilines is 1. The van der Waals surface area contributed by atoms with Crippen LogP contribution in [0.4, 0.5) is 5.00 Å². The van der Waals surface area contributed by atoms with Crippen molar-refractivity contribution in [2.24, 2.45) is 0 Å². The molecule has 2 rings (SSSR count). The molecule has 0 spiro atoms. The average Bonchev–Trinajstić information content (AvgIpc) is 2.90. The van der Waals surface area contributed by atoms with Gasteiger partial charge < -0.3 is 14.8 Å². The number of hydrogen-bond donors (Lipinski definition) is 1. The zero-order valence-electron chi connectivity index (χ0n) is 14.3. The smallest absolute Gasteiger partial charge is 0.341 e. The Labute approximate surface area is 145 Å². The van der Waals surface area contributed by atoms with E-state index in [1.165, 1.54) is 11.3 Å². The summed E-state index contributed by atoms with van der Waals surface area (Å²) in [5.74, 6) is 0.00911. The number of aryl methyl sites for hydroxylation is 1. The van der Waals surface area contributed by atoms with Crippen LogP contribution in [0.1, 0.15) is 45.0 Å². The Morgan fingerprint density at radius 3 is 2.38 bits per heavy atom. The lowest BCUT2D eigenvalue weighted by Crippen LogP contribution is -2.15. The number of benzene rings is 1. The number of methoxy groups -OCH3 is 1. The summed E-state index contributed by atoms with van der Waals surface area (Å²) in [6, 6.07) is 6.80. The number of esters is 1. The van der Waals surface area contributed by atoms with E-state index in [4.69, 9.17) is 9.47 Å². The third-order valence-electron chi connectivity index (χ3n) is 3.62. The lowest BCUT2D eigenvalue weighted by molar-refractivity contribution is 0.0527. The molecule has 1 aromatic heterocycles. The zero-order valence-corrected chi connectivity index (χ0v) is 15.1. The van der Waals surface area contributed by atoms with Gasteiger partial charge in [-0.1, -0.05) is 6.92 Å². The molecule has 1 heterocycles. The molecule has 5 nitrogen and oxygen atoms in total. The van der Waals surface area contributed by atoms with Gasteiger partial charge in [-0.3, -0.25) is 4.79 Å². The molecule has 0 aliphatic rings. The maximum atomic E-state index is 12.5. The largest absolute Gasteiger partial charge is 0.497 e. The van der Waals surface area contributed by atoms with Crippen LogP contribution in [-0.2, 0) is 11.2 Å². The highest BCUT2D eigenvalue weighted by molar-refractivity contribution is 7.16. The van der Waals surface area contributed by atoms with Crippen LogP contribution in [0.5, 0.6) is 5.75 Å². The van der Waals surface area contributed by atoms with Crippen molar-refractivity contribution in [1.82, 2.24) is 0 Å². The number of ether oxygens (including phenoxy) is 2. The van der Waals surface area contributed by atoms with Crippen LogP contribution in [0.2, 0.25) is 0 Å². The number of amides is 1. The van der Waals surface area contributed by atoms with Gasteiger partial charge in [0.1, 0.15) is 10.8 Å². The summed E-state index contributed by atoms with van der Waals surface area (Å²) in [5, 5.41) is 3.37. The van der Waals surface area contributed by atoms with Gasteiger partial charge in [0.2, 0.25) is 0 Å². The number of carbonyl (C=O) groups is 2. The molecule has 0 aliphatic carbocycles. The van der Waals surface area contributed by atoms with Crippen LogP contribution < -0.4 is 10.1 Å². The summed E-state index contributed by atoms with van der Waals surface area (Å²) >= 11 is 1.39. The third-order valence-corrected chi connectivity index (χ3v) is 4.68. The van der Waals surface area contributed by atoms with E-state index in [-0.39, 0.29) is 5.91 Å². The number of carbonyl (C=O) groups excluding carboxylic acids is 2. The van der Waals surface area contributed by atoms with E-state index in [0.29, 0.717) is 34.9 Å². The Morgan fingerprint density at radius 1 is 1.17 bits per heavy atom. The van der Waals surface area contributed by atoms with E-state index < -0.39 is 5.97 Å². The number of thiophene rings is 1.